The SMILES string of the molecule is CC(=O)NCCNC(=O)Cc1cn(C)c2ccccc12. The van der Waals surface area contributed by atoms with Crippen LogP contribution in [0.5, 0.6) is 0 Å². The molecule has 20 heavy (non-hydrogen) atoms. The van der Waals surface area contributed by atoms with Crippen LogP contribution in [0.25, 0.3) is 10.9 Å². The minimum atomic E-state index is -0.0895. The van der Waals surface area contributed by atoms with Gasteiger partial charge in [-0.05, 0) is 11.6 Å². The van der Waals surface area contributed by atoms with E-state index in [0.717, 1.165) is 16.5 Å². The van der Waals surface area contributed by atoms with Crippen LogP contribution >= 0.6 is 0 Å². The number of para-hydroxylation sites is 1. The van der Waals surface area contributed by atoms with Crippen molar-refractivity contribution in [2.24, 2.45) is 7.05 Å². The number of aryl methyl sites for hydroxylation is 1. The van der Waals surface area contributed by atoms with E-state index in [9.17, 15) is 9.59 Å². The molecule has 2 amide bonds. The maximum atomic E-state index is 11.9. The van der Waals surface area contributed by atoms with Crippen molar-refractivity contribution in [3.8, 4) is 0 Å². The summed E-state index contributed by atoms with van der Waals surface area (Å²) in [7, 11) is 1.97. The molecule has 2 rings (SSSR count). The average molecular weight is 273 g/mol. The van der Waals surface area contributed by atoms with E-state index in [-0.39, 0.29) is 11.8 Å². The first-order chi connectivity index (χ1) is 9.58. The topological polar surface area (TPSA) is 63.1 Å². The van der Waals surface area contributed by atoms with Crippen LogP contribution in [0.15, 0.2) is 30.5 Å². The quantitative estimate of drug-likeness (QED) is 0.797. The summed E-state index contributed by atoms with van der Waals surface area (Å²) >= 11 is 0. The Labute approximate surface area is 118 Å². The normalized spacial score (nSPS) is 10.5. The molecule has 0 radical (unpaired) electrons. The first-order valence-electron chi connectivity index (χ1n) is 6.62. The molecule has 0 saturated heterocycles. The number of benzene rings is 1. The zero-order valence-corrected chi connectivity index (χ0v) is 11.8. The fourth-order valence-corrected chi connectivity index (χ4v) is 2.24. The van der Waals surface area contributed by atoms with Gasteiger partial charge in [0, 0.05) is 44.2 Å². The van der Waals surface area contributed by atoms with E-state index in [1.54, 1.807) is 0 Å². The van der Waals surface area contributed by atoms with Crippen molar-refractivity contribution in [3.63, 3.8) is 0 Å². The molecule has 1 heterocycles. The van der Waals surface area contributed by atoms with Gasteiger partial charge in [0.15, 0.2) is 0 Å². The molecule has 106 valence electrons. The molecular weight excluding hydrogens is 254 g/mol. The number of hydrogen-bond acceptors (Lipinski definition) is 2. The van der Waals surface area contributed by atoms with Gasteiger partial charge in [-0.2, -0.15) is 0 Å². The molecule has 0 aliphatic rings. The Morgan fingerprint density at radius 2 is 1.85 bits per heavy atom. The van der Waals surface area contributed by atoms with Crippen molar-refractivity contribution < 1.29 is 9.59 Å². The van der Waals surface area contributed by atoms with Crippen LogP contribution in [0.2, 0.25) is 0 Å². The highest BCUT2D eigenvalue weighted by atomic mass is 16.2. The Bertz CT molecular complexity index is 631. The number of carbonyl (C=O) groups is 2. The molecule has 0 atom stereocenters. The smallest absolute Gasteiger partial charge is 0.224 e. The van der Waals surface area contributed by atoms with Crippen molar-refractivity contribution in [1.82, 2.24) is 15.2 Å². The van der Waals surface area contributed by atoms with Crippen LogP contribution in [0.4, 0.5) is 0 Å². The lowest BCUT2D eigenvalue weighted by Crippen LogP contribution is -2.34. The van der Waals surface area contributed by atoms with Crippen molar-refractivity contribution >= 4 is 22.7 Å². The van der Waals surface area contributed by atoms with E-state index < -0.39 is 0 Å². The average Bonchev–Trinajstić information content (AvgIpc) is 2.72. The van der Waals surface area contributed by atoms with Crippen LogP contribution in [0, 0.1) is 0 Å². The molecule has 0 aliphatic heterocycles. The lowest BCUT2D eigenvalue weighted by atomic mass is 10.1. The van der Waals surface area contributed by atoms with Gasteiger partial charge in [-0.15, -0.1) is 0 Å². The van der Waals surface area contributed by atoms with Gasteiger partial charge in [-0.1, -0.05) is 18.2 Å². The standard InChI is InChI=1S/C15H19N3O2/c1-11(19)16-7-8-17-15(20)9-12-10-18(2)14-6-4-3-5-13(12)14/h3-6,10H,7-9H2,1-2H3,(H,16,19)(H,17,20). The summed E-state index contributed by atoms with van der Waals surface area (Å²) in [6.07, 6.45) is 2.33. The van der Waals surface area contributed by atoms with Crippen LogP contribution in [-0.4, -0.2) is 29.5 Å². The Hall–Kier alpha value is -2.30. The Kier molecular flexibility index (Phi) is 4.40. The third kappa shape index (κ3) is 3.38. The molecule has 0 unspecified atom stereocenters. The van der Waals surface area contributed by atoms with Gasteiger partial charge in [0.05, 0.1) is 6.42 Å². The van der Waals surface area contributed by atoms with Crippen LogP contribution in [0.3, 0.4) is 0 Å². The number of rotatable bonds is 5. The zero-order chi connectivity index (χ0) is 14.5. The fraction of sp³-hybridized carbons (Fsp3) is 0.333. The number of aromatic nitrogens is 1. The molecule has 2 aromatic rings. The number of carbonyl (C=O) groups excluding carboxylic acids is 2. The second-order valence-corrected chi connectivity index (χ2v) is 4.79. The molecule has 0 bridgehead atoms. The Morgan fingerprint density at radius 3 is 2.60 bits per heavy atom. The number of nitrogens with one attached hydrogen (secondary N) is 2. The maximum Gasteiger partial charge on any atom is 0.224 e. The predicted octanol–water partition coefficient (Wildman–Crippen LogP) is 0.973. The molecular formula is C15H19N3O2. The Morgan fingerprint density at radius 1 is 1.15 bits per heavy atom. The number of nitrogens with zero attached hydrogens (tertiary/aromatic N) is 1. The molecule has 5 nitrogen and oxygen atoms in total. The molecule has 0 aliphatic carbocycles. The predicted molar refractivity (Wildman–Crippen MR) is 78.3 cm³/mol. The summed E-state index contributed by atoms with van der Waals surface area (Å²) in [5, 5.41) is 6.54. The second-order valence-electron chi connectivity index (χ2n) is 4.79. The van der Waals surface area contributed by atoms with E-state index in [1.807, 2.05) is 42.1 Å². The summed E-state index contributed by atoms with van der Waals surface area (Å²) in [5.41, 5.74) is 2.13. The fourth-order valence-electron chi connectivity index (χ4n) is 2.24. The first-order valence-corrected chi connectivity index (χ1v) is 6.62. The number of fused-ring (bicyclic) bond motifs is 1. The van der Waals surface area contributed by atoms with E-state index in [0.29, 0.717) is 19.5 Å². The summed E-state index contributed by atoms with van der Waals surface area (Å²) in [6, 6.07) is 8.02. The van der Waals surface area contributed by atoms with E-state index in [4.69, 9.17) is 0 Å². The summed E-state index contributed by atoms with van der Waals surface area (Å²) in [4.78, 5) is 22.6. The highest BCUT2D eigenvalue weighted by molar-refractivity contribution is 5.89. The maximum absolute atomic E-state index is 11.9. The van der Waals surface area contributed by atoms with Gasteiger partial charge in [-0.3, -0.25) is 9.59 Å². The molecule has 0 spiro atoms. The van der Waals surface area contributed by atoms with E-state index >= 15 is 0 Å². The minimum Gasteiger partial charge on any atom is -0.355 e. The van der Waals surface area contributed by atoms with Crippen LogP contribution in [-0.2, 0) is 23.1 Å². The highest BCUT2D eigenvalue weighted by Crippen LogP contribution is 2.20. The van der Waals surface area contributed by atoms with Crippen molar-refractivity contribution in [3.05, 3.63) is 36.0 Å². The second kappa shape index (κ2) is 6.23. The highest BCUT2D eigenvalue weighted by Gasteiger charge is 2.09. The minimum absolute atomic E-state index is 0.0355. The number of hydrogen-bond donors (Lipinski definition) is 2. The summed E-state index contributed by atoms with van der Waals surface area (Å²) in [6.45, 7) is 2.36. The van der Waals surface area contributed by atoms with Gasteiger partial charge in [0.25, 0.3) is 0 Å². The van der Waals surface area contributed by atoms with E-state index in [2.05, 4.69) is 10.6 Å². The Balaban J connectivity index is 1.95. The van der Waals surface area contributed by atoms with Gasteiger partial charge in [0.1, 0.15) is 0 Å². The zero-order valence-electron chi connectivity index (χ0n) is 11.8. The lowest BCUT2D eigenvalue weighted by Gasteiger charge is -2.05. The first kappa shape index (κ1) is 14.1. The number of amides is 2. The van der Waals surface area contributed by atoms with Crippen LogP contribution < -0.4 is 10.6 Å². The summed E-state index contributed by atoms with van der Waals surface area (Å²) < 4.78 is 2.02. The van der Waals surface area contributed by atoms with Gasteiger partial charge in [0.2, 0.25) is 11.8 Å². The lowest BCUT2D eigenvalue weighted by molar-refractivity contribution is -0.121. The molecule has 2 N–H and O–H groups in total. The molecule has 1 aromatic heterocycles. The molecule has 0 saturated carbocycles. The monoisotopic (exact) mass is 273 g/mol. The molecule has 5 heteroatoms. The van der Waals surface area contributed by atoms with Crippen LogP contribution in [0.1, 0.15) is 12.5 Å². The van der Waals surface area contributed by atoms with E-state index in [1.165, 1.54) is 6.92 Å². The van der Waals surface area contributed by atoms with Crippen molar-refractivity contribution in [2.75, 3.05) is 13.1 Å². The van der Waals surface area contributed by atoms with Crippen molar-refractivity contribution in [2.45, 2.75) is 13.3 Å². The molecule has 1 aromatic carbocycles. The van der Waals surface area contributed by atoms with Gasteiger partial charge in [-0.25, -0.2) is 0 Å². The summed E-state index contributed by atoms with van der Waals surface area (Å²) in [5.74, 6) is -0.125. The largest absolute Gasteiger partial charge is 0.355 e. The molecule has 0 fully saturated rings. The van der Waals surface area contributed by atoms with Gasteiger partial charge >= 0.3 is 0 Å². The third-order valence-corrected chi connectivity index (χ3v) is 3.15. The van der Waals surface area contributed by atoms with Crippen molar-refractivity contribution in [1.29, 1.82) is 0 Å². The van der Waals surface area contributed by atoms with Gasteiger partial charge < -0.3 is 15.2 Å². The third-order valence-electron chi connectivity index (χ3n) is 3.15.